The van der Waals surface area contributed by atoms with Gasteiger partial charge in [0, 0.05) is 5.69 Å². The Morgan fingerprint density at radius 3 is 2.57 bits per heavy atom. The summed E-state index contributed by atoms with van der Waals surface area (Å²) in [4.78, 5) is 29.5. The normalized spacial score (nSPS) is 10.9. The molecule has 1 amide bonds. The molecule has 140 valence electrons. The van der Waals surface area contributed by atoms with Crippen molar-refractivity contribution in [2.75, 3.05) is 5.32 Å². The minimum atomic E-state index is -0.302. The summed E-state index contributed by atoms with van der Waals surface area (Å²) in [6.07, 6.45) is 2.88. The van der Waals surface area contributed by atoms with Crippen LogP contribution in [-0.4, -0.2) is 25.2 Å². The van der Waals surface area contributed by atoms with Crippen LogP contribution in [0.2, 0.25) is 0 Å². The quantitative estimate of drug-likeness (QED) is 0.596. The number of carbonyl (C=O) groups excluding carboxylic acids is 1. The number of para-hydroxylation sites is 1. The summed E-state index contributed by atoms with van der Waals surface area (Å²) in [5, 5.41) is 7.48. The number of aryl methyl sites for hydroxylation is 2. The highest BCUT2D eigenvalue weighted by atomic mass is 16.2. The van der Waals surface area contributed by atoms with Gasteiger partial charge in [0.2, 0.25) is 5.91 Å². The van der Waals surface area contributed by atoms with Gasteiger partial charge in [-0.25, -0.2) is 9.67 Å². The average molecular weight is 373 g/mol. The van der Waals surface area contributed by atoms with Crippen molar-refractivity contribution < 1.29 is 4.79 Å². The Morgan fingerprint density at radius 1 is 1.07 bits per heavy atom. The topological polar surface area (TPSA) is 81.8 Å². The fourth-order valence-electron chi connectivity index (χ4n) is 3.03. The molecule has 7 heteroatoms. The van der Waals surface area contributed by atoms with Crippen LogP contribution in [-0.2, 0) is 11.3 Å². The number of nitrogens with zero attached hydrogens (tertiary/aromatic N) is 4. The van der Waals surface area contributed by atoms with Gasteiger partial charge in [-0.3, -0.25) is 14.2 Å². The molecule has 4 rings (SSSR count). The van der Waals surface area contributed by atoms with Gasteiger partial charge in [0.15, 0.2) is 5.65 Å². The van der Waals surface area contributed by atoms with Gasteiger partial charge in [0.05, 0.1) is 11.9 Å². The van der Waals surface area contributed by atoms with E-state index in [2.05, 4.69) is 15.4 Å². The van der Waals surface area contributed by atoms with Gasteiger partial charge in [0.25, 0.3) is 5.56 Å². The van der Waals surface area contributed by atoms with Crippen LogP contribution in [0.4, 0.5) is 5.69 Å². The number of hydrogen-bond acceptors (Lipinski definition) is 4. The second kappa shape index (κ2) is 7.11. The molecule has 7 nitrogen and oxygen atoms in total. The monoisotopic (exact) mass is 373 g/mol. The zero-order chi connectivity index (χ0) is 19.7. The average Bonchev–Trinajstić information content (AvgIpc) is 3.11. The van der Waals surface area contributed by atoms with Gasteiger partial charge in [-0.2, -0.15) is 5.10 Å². The predicted molar refractivity (Wildman–Crippen MR) is 108 cm³/mol. The first-order valence-corrected chi connectivity index (χ1v) is 8.88. The highest BCUT2D eigenvalue weighted by molar-refractivity contribution is 5.90. The van der Waals surface area contributed by atoms with Crippen LogP contribution in [0.3, 0.4) is 0 Å². The van der Waals surface area contributed by atoms with Gasteiger partial charge in [-0.15, -0.1) is 0 Å². The van der Waals surface area contributed by atoms with Crippen molar-refractivity contribution in [1.29, 1.82) is 0 Å². The van der Waals surface area contributed by atoms with E-state index in [0.29, 0.717) is 16.7 Å². The molecule has 0 spiro atoms. The Kier molecular flexibility index (Phi) is 4.49. The maximum Gasteiger partial charge on any atom is 0.264 e. The summed E-state index contributed by atoms with van der Waals surface area (Å²) in [6, 6.07) is 15.2. The second-order valence-corrected chi connectivity index (χ2v) is 6.67. The Morgan fingerprint density at radius 2 is 1.82 bits per heavy atom. The van der Waals surface area contributed by atoms with Crippen molar-refractivity contribution in [2.45, 2.75) is 20.4 Å². The van der Waals surface area contributed by atoms with E-state index in [-0.39, 0.29) is 18.0 Å². The summed E-state index contributed by atoms with van der Waals surface area (Å²) in [5.74, 6) is -0.293. The zero-order valence-electron chi connectivity index (χ0n) is 15.6. The first kappa shape index (κ1) is 17.7. The van der Waals surface area contributed by atoms with E-state index in [0.717, 1.165) is 16.8 Å². The summed E-state index contributed by atoms with van der Waals surface area (Å²) in [6.45, 7) is 3.83. The maximum absolute atomic E-state index is 12.8. The number of rotatable bonds is 4. The largest absolute Gasteiger partial charge is 0.325 e. The lowest BCUT2D eigenvalue weighted by Crippen LogP contribution is -2.27. The molecule has 0 radical (unpaired) electrons. The summed E-state index contributed by atoms with van der Waals surface area (Å²) in [5.41, 5.74) is 3.84. The molecule has 0 aliphatic carbocycles. The van der Waals surface area contributed by atoms with E-state index in [4.69, 9.17) is 0 Å². The summed E-state index contributed by atoms with van der Waals surface area (Å²) in [7, 11) is 0. The number of benzene rings is 2. The third kappa shape index (κ3) is 3.29. The van der Waals surface area contributed by atoms with Crippen molar-refractivity contribution in [3.63, 3.8) is 0 Å². The van der Waals surface area contributed by atoms with Crippen LogP contribution >= 0.6 is 0 Å². The van der Waals surface area contributed by atoms with E-state index in [1.54, 1.807) is 4.68 Å². The lowest BCUT2D eigenvalue weighted by Gasteiger charge is -2.09. The molecule has 0 aliphatic heterocycles. The first-order chi connectivity index (χ1) is 13.5. The number of nitrogens with one attached hydrogen (secondary N) is 1. The van der Waals surface area contributed by atoms with Gasteiger partial charge in [-0.05, 0) is 37.6 Å². The standard InChI is InChI=1S/C21H19N5O2/c1-14-7-9-16(10-8-14)24-19(27)12-25-13-22-20-17(21(25)28)11-23-26(20)18-6-4-3-5-15(18)2/h3-11,13H,12H2,1-2H3,(H,24,27). The van der Waals surface area contributed by atoms with Crippen LogP contribution in [0.5, 0.6) is 0 Å². The SMILES string of the molecule is Cc1ccc(NC(=O)Cn2cnc3c(cnn3-c3ccccc3C)c2=O)cc1. The zero-order valence-corrected chi connectivity index (χ0v) is 15.6. The molecule has 0 atom stereocenters. The van der Waals surface area contributed by atoms with E-state index < -0.39 is 0 Å². The van der Waals surface area contributed by atoms with Crippen molar-refractivity contribution in [3.8, 4) is 5.69 Å². The second-order valence-electron chi connectivity index (χ2n) is 6.67. The summed E-state index contributed by atoms with van der Waals surface area (Å²) < 4.78 is 2.93. The van der Waals surface area contributed by atoms with Gasteiger partial charge >= 0.3 is 0 Å². The van der Waals surface area contributed by atoms with E-state index in [1.807, 2.05) is 62.4 Å². The molecular formula is C21H19N5O2. The summed E-state index contributed by atoms with van der Waals surface area (Å²) >= 11 is 0. The van der Waals surface area contributed by atoms with Crippen LogP contribution in [0.25, 0.3) is 16.7 Å². The van der Waals surface area contributed by atoms with Crippen molar-refractivity contribution in [3.05, 3.63) is 82.5 Å². The minimum Gasteiger partial charge on any atom is -0.325 e. The lowest BCUT2D eigenvalue weighted by atomic mass is 10.2. The minimum absolute atomic E-state index is 0.120. The Bertz CT molecular complexity index is 1220. The third-order valence-electron chi connectivity index (χ3n) is 4.55. The van der Waals surface area contributed by atoms with Crippen LogP contribution < -0.4 is 10.9 Å². The molecule has 0 bridgehead atoms. The van der Waals surface area contributed by atoms with E-state index in [9.17, 15) is 9.59 Å². The van der Waals surface area contributed by atoms with Crippen molar-refractivity contribution >= 4 is 22.6 Å². The molecule has 0 saturated carbocycles. The van der Waals surface area contributed by atoms with Crippen molar-refractivity contribution in [1.82, 2.24) is 19.3 Å². The molecule has 28 heavy (non-hydrogen) atoms. The van der Waals surface area contributed by atoms with Crippen LogP contribution in [0, 0.1) is 13.8 Å². The molecule has 0 saturated heterocycles. The lowest BCUT2D eigenvalue weighted by molar-refractivity contribution is -0.116. The fourth-order valence-corrected chi connectivity index (χ4v) is 3.03. The van der Waals surface area contributed by atoms with Crippen LogP contribution in [0.1, 0.15) is 11.1 Å². The van der Waals surface area contributed by atoms with Crippen LogP contribution in [0.15, 0.2) is 65.8 Å². The number of carbonyl (C=O) groups is 1. The first-order valence-electron chi connectivity index (χ1n) is 8.88. The fraction of sp³-hybridized carbons (Fsp3) is 0.143. The Balaban J connectivity index is 1.62. The molecule has 2 aromatic carbocycles. The molecule has 0 aliphatic rings. The molecular weight excluding hydrogens is 354 g/mol. The number of aromatic nitrogens is 4. The highest BCUT2D eigenvalue weighted by Gasteiger charge is 2.14. The molecule has 1 N–H and O–H groups in total. The van der Waals surface area contributed by atoms with Gasteiger partial charge in [-0.1, -0.05) is 35.9 Å². The van der Waals surface area contributed by atoms with E-state index >= 15 is 0 Å². The number of fused-ring (bicyclic) bond motifs is 1. The van der Waals surface area contributed by atoms with Gasteiger partial charge in [0.1, 0.15) is 18.3 Å². The number of hydrogen-bond donors (Lipinski definition) is 1. The Hall–Kier alpha value is -3.74. The van der Waals surface area contributed by atoms with Gasteiger partial charge < -0.3 is 5.32 Å². The Labute approximate surface area is 161 Å². The molecule has 4 aromatic rings. The predicted octanol–water partition coefficient (Wildman–Crippen LogP) is 2.84. The molecule has 0 fully saturated rings. The van der Waals surface area contributed by atoms with Crippen molar-refractivity contribution in [2.24, 2.45) is 0 Å². The molecule has 0 unspecified atom stereocenters. The van der Waals surface area contributed by atoms with E-state index in [1.165, 1.54) is 17.1 Å². The highest BCUT2D eigenvalue weighted by Crippen LogP contribution is 2.17. The number of anilines is 1. The third-order valence-corrected chi connectivity index (χ3v) is 4.55. The maximum atomic E-state index is 12.8. The smallest absolute Gasteiger partial charge is 0.264 e. The molecule has 2 heterocycles. The number of amides is 1. The molecule has 2 aromatic heterocycles.